The number of Topliss-reactive ketones (excluding diaryl/α,β-unsaturated/α-hetero) is 1. The van der Waals surface area contributed by atoms with Crippen molar-refractivity contribution in [1.29, 1.82) is 0 Å². The zero-order valence-corrected chi connectivity index (χ0v) is 8.72. The van der Waals surface area contributed by atoms with Crippen LogP contribution in [0.4, 0.5) is 10.1 Å². The molecule has 80 valence electrons. The molecule has 0 heterocycles. The highest BCUT2D eigenvalue weighted by Gasteiger charge is 2.12. The quantitative estimate of drug-likeness (QED) is 0.468. The van der Waals surface area contributed by atoms with E-state index in [4.69, 9.17) is 5.73 Å². The highest BCUT2D eigenvalue weighted by atomic mass is 19.1. The molecule has 0 atom stereocenters. The molecule has 0 aliphatic carbocycles. The Morgan fingerprint density at radius 2 is 2.20 bits per heavy atom. The monoisotopic (exact) mass is 207 g/mol. The van der Waals surface area contributed by atoms with Gasteiger partial charge in [0.1, 0.15) is 5.82 Å². The summed E-state index contributed by atoms with van der Waals surface area (Å²) >= 11 is 0. The topological polar surface area (TPSA) is 43.1 Å². The van der Waals surface area contributed by atoms with E-state index in [2.05, 4.69) is 6.58 Å². The van der Waals surface area contributed by atoms with Crippen molar-refractivity contribution in [2.45, 2.75) is 19.8 Å². The lowest BCUT2D eigenvalue weighted by Crippen LogP contribution is -2.06. The van der Waals surface area contributed by atoms with Crippen LogP contribution >= 0.6 is 0 Å². The van der Waals surface area contributed by atoms with E-state index >= 15 is 0 Å². The van der Waals surface area contributed by atoms with Crippen molar-refractivity contribution in [3.05, 3.63) is 41.7 Å². The number of carbonyl (C=O) groups excluding carboxylic acids is 1. The van der Waals surface area contributed by atoms with E-state index < -0.39 is 5.82 Å². The first kappa shape index (κ1) is 11.4. The number of anilines is 1. The van der Waals surface area contributed by atoms with Crippen molar-refractivity contribution in [1.82, 2.24) is 0 Å². The van der Waals surface area contributed by atoms with E-state index in [0.717, 1.165) is 12.0 Å². The van der Waals surface area contributed by atoms with Crippen molar-refractivity contribution in [2.24, 2.45) is 0 Å². The van der Waals surface area contributed by atoms with Crippen LogP contribution in [0.3, 0.4) is 0 Å². The van der Waals surface area contributed by atoms with E-state index in [-0.39, 0.29) is 23.5 Å². The van der Waals surface area contributed by atoms with Crippen LogP contribution in [-0.2, 0) is 0 Å². The molecule has 0 saturated heterocycles. The fourth-order valence-electron chi connectivity index (χ4n) is 1.23. The normalized spacial score (nSPS) is 10.0. The second-order valence-corrected chi connectivity index (χ2v) is 3.40. The number of hydrogen-bond acceptors (Lipinski definition) is 2. The summed E-state index contributed by atoms with van der Waals surface area (Å²) in [7, 11) is 0. The van der Waals surface area contributed by atoms with E-state index in [9.17, 15) is 9.18 Å². The minimum absolute atomic E-state index is 0.0774. The first-order valence-electron chi connectivity index (χ1n) is 4.80. The maximum absolute atomic E-state index is 13.1. The van der Waals surface area contributed by atoms with Gasteiger partial charge in [0.25, 0.3) is 0 Å². The van der Waals surface area contributed by atoms with E-state index in [1.165, 1.54) is 18.2 Å². The van der Waals surface area contributed by atoms with Crippen molar-refractivity contribution in [3.8, 4) is 0 Å². The Morgan fingerprint density at radius 3 is 2.80 bits per heavy atom. The van der Waals surface area contributed by atoms with E-state index in [1.54, 1.807) is 0 Å². The number of hydrogen-bond donors (Lipinski definition) is 1. The number of ketones is 1. The molecule has 15 heavy (non-hydrogen) atoms. The lowest BCUT2D eigenvalue weighted by Gasteiger charge is -2.06. The standard InChI is InChI=1S/C12H14FNO/c1-3-8(2)7-11(15)9-5-4-6-10(13)12(9)14/h4-6H,2-3,7,14H2,1H3. The molecule has 0 radical (unpaired) electrons. The Kier molecular flexibility index (Phi) is 3.61. The molecule has 0 unspecified atom stereocenters. The van der Waals surface area contributed by atoms with E-state index in [1.807, 2.05) is 6.92 Å². The third-order valence-corrected chi connectivity index (χ3v) is 2.26. The third kappa shape index (κ3) is 2.65. The molecule has 2 nitrogen and oxygen atoms in total. The number of allylic oxidation sites excluding steroid dienone is 1. The molecule has 0 aromatic heterocycles. The molecular formula is C12H14FNO. The van der Waals surface area contributed by atoms with Gasteiger partial charge in [-0.2, -0.15) is 0 Å². The van der Waals surface area contributed by atoms with Crippen LogP contribution in [-0.4, -0.2) is 5.78 Å². The van der Waals surface area contributed by atoms with Crippen molar-refractivity contribution in [2.75, 3.05) is 5.73 Å². The van der Waals surface area contributed by atoms with Crippen LogP contribution in [0.15, 0.2) is 30.4 Å². The first-order valence-corrected chi connectivity index (χ1v) is 4.80. The van der Waals surface area contributed by atoms with Crippen LogP contribution < -0.4 is 5.73 Å². The van der Waals surface area contributed by atoms with Gasteiger partial charge < -0.3 is 5.73 Å². The van der Waals surface area contributed by atoms with Gasteiger partial charge in [0.2, 0.25) is 0 Å². The molecule has 1 aromatic rings. The average Bonchev–Trinajstić information content (AvgIpc) is 2.21. The van der Waals surface area contributed by atoms with E-state index in [0.29, 0.717) is 0 Å². The summed E-state index contributed by atoms with van der Waals surface area (Å²) in [4.78, 5) is 11.7. The van der Waals surface area contributed by atoms with Gasteiger partial charge in [-0.05, 0) is 18.6 Å². The van der Waals surface area contributed by atoms with Crippen LogP contribution in [0, 0.1) is 5.82 Å². The lowest BCUT2D eigenvalue weighted by molar-refractivity contribution is 0.0993. The average molecular weight is 207 g/mol. The zero-order valence-electron chi connectivity index (χ0n) is 8.72. The van der Waals surface area contributed by atoms with Crippen molar-refractivity contribution in [3.63, 3.8) is 0 Å². The van der Waals surface area contributed by atoms with Crippen LogP contribution in [0.25, 0.3) is 0 Å². The smallest absolute Gasteiger partial charge is 0.169 e. The summed E-state index contributed by atoms with van der Waals surface area (Å²) in [5.41, 5.74) is 6.46. The second-order valence-electron chi connectivity index (χ2n) is 3.40. The number of nitrogen functional groups attached to an aromatic ring is 1. The number of halogens is 1. The maximum atomic E-state index is 13.1. The molecule has 1 rings (SSSR count). The van der Waals surface area contributed by atoms with Gasteiger partial charge in [-0.15, -0.1) is 0 Å². The number of para-hydroxylation sites is 1. The molecule has 2 N–H and O–H groups in total. The first-order chi connectivity index (χ1) is 7.06. The highest BCUT2D eigenvalue weighted by molar-refractivity contribution is 6.01. The molecule has 0 amide bonds. The predicted molar refractivity (Wildman–Crippen MR) is 59.2 cm³/mol. The van der Waals surface area contributed by atoms with Gasteiger partial charge >= 0.3 is 0 Å². The Balaban J connectivity index is 2.92. The predicted octanol–water partition coefficient (Wildman–Crippen LogP) is 2.95. The Labute approximate surface area is 88.6 Å². The molecule has 1 aromatic carbocycles. The third-order valence-electron chi connectivity index (χ3n) is 2.26. The maximum Gasteiger partial charge on any atom is 0.169 e. The lowest BCUT2D eigenvalue weighted by atomic mass is 10.0. The van der Waals surface area contributed by atoms with Gasteiger partial charge in [-0.25, -0.2) is 4.39 Å². The van der Waals surface area contributed by atoms with Crippen LogP contribution in [0.1, 0.15) is 30.1 Å². The molecule has 0 spiro atoms. The fourth-order valence-corrected chi connectivity index (χ4v) is 1.23. The van der Waals surface area contributed by atoms with Gasteiger partial charge in [0.05, 0.1) is 5.69 Å². The molecule has 0 saturated carbocycles. The Morgan fingerprint density at radius 1 is 1.53 bits per heavy atom. The minimum Gasteiger partial charge on any atom is -0.396 e. The summed E-state index contributed by atoms with van der Waals surface area (Å²) in [6, 6.07) is 4.25. The van der Waals surface area contributed by atoms with Gasteiger partial charge in [0.15, 0.2) is 5.78 Å². The number of nitrogens with two attached hydrogens (primary N) is 1. The van der Waals surface area contributed by atoms with Gasteiger partial charge in [0, 0.05) is 12.0 Å². The van der Waals surface area contributed by atoms with Crippen LogP contribution in [0.2, 0.25) is 0 Å². The summed E-state index contributed by atoms with van der Waals surface area (Å²) in [5.74, 6) is -0.734. The van der Waals surface area contributed by atoms with Crippen molar-refractivity contribution < 1.29 is 9.18 Å². The Hall–Kier alpha value is -1.64. The molecule has 3 heteroatoms. The van der Waals surface area contributed by atoms with Crippen molar-refractivity contribution >= 4 is 11.5 Å². The number of carbonyl (C=O) groups is 1. The van der Waals surface area contributed by atoms with Crippen LogP contribution in [0.5, 0.6) is 0 Å². The summed E-state index contributed by atoms with van der Waals surface area (Å²) in [6.07, 6.45) is 0.963. The molecular weight excluding hydrogens is 193 g/mol. The molecule has 0 bridgehead atoms. The number of benzene rings is 1. The largest absolute Gasteiger partial charge is 0.396 e. The minimum atomic E-state index is -0.553. The zero-order chi connectivity index (χ0) is 11.4. The molecule has 0 aliphatic heterocycles. The van der Waals surface area contributed by atoms with Gasteiger partial charge in [-0.3, -0.25) is 4.79 Å². The number of rotatable bonds is 4. The summed E-state index contributed by atoms with van der Waals surface area (Å²) in [5, 5.41) is 0. The Bertz CT molecular complexity index is 399. The second kappa shape index (κ2) is 4.73. The van der Waals surface area contributed by atoms with Gasteiger partial charge in [-0.1, -0.05) is 25.1 Å². The summed E-state index contributed by atoms with van der Waals surface area (Å²) in [6.45, 7) is 5.66. The molecule has 0 aliphatic rings. The summed E-state index contributed by atoms with van der Waals surface area (Å²) < 4.78 is 13.1. The molecule has 0 fully saturated rings. The fraction of sp³-hybridized carbons (Fsp3) is 0.250. The SMILES string of the molecule is C=C(CC)CC(=O)c1cccc(F)c1N. The highest BCUT2D eigenvalue weighted by Crippen LogP contribution is 2.19.